The number of benzene rings is 3. The van der Waals surface area contributed by atoms with Crippen LogP contribution in [-0.4, -0.2) is 52.1 Å². The molecule has 0 bridgehead atoms. The SMILES string of the molecule is O=C1[C@@H]2[C@@H](N=NN2CC(=O)N2N=C3/C(=C/c4ccccc4)CCC[C@@H]3[C@H]2c2ccccc2)C(=O)N1c1ccc(Br)cc1. The van der Waals surface area contributed by atoms with Crippen LogP contribution >= 0.6 is 15.9 Å². The highest BCUT2D eigenvalue weighted by molar-refractivity contribution is 9.10. The van der Waals surface area contributed by atoms with E-state index in [1.165, 1.54) is 5.01 Å². The van der Waals surface area contributed by atoms with Crippen LogP contribution < -0.4 is 4.90 Å². The summed E-state index contributed by atoms with van der Waals surface area (Å²) in [6, 6.07) is 24.8. The molecule has 4 aliphatic rings. The first-order valence-electron chi connectivity index (χ1n) is 14.0. The molecule has 4 atom stereocenters. The van der Waals surface area contributed by atoms with Crippen molar-refractivity contribution in [2.45, 2.75) is 37.4 Å². The smallest absolute Gasteiger partial charge is 0.264 e. The van der Waals surface area contributed by atoms with Gasteiger partial charge in [0.05, 0.1) is 17.4 Å². The molecule has 1 saturated carbocycles. The molecule has 2 fully saturated rings. The van der Waals surface area contributed by atoms with Crippen LogP contribution in [0, 0.1) is 5.92 Å². The van der Waals surface area contributed by atoms with Crippen molar-refractivity contribution in [2.75, 3.05) is 11.4 Å². The molecule has 210 valence electrons. The molecule has 0 aromatic heterocycles. The normalized spacial score (nSPS) is 25.7. The second kappa shape index (κ2) is 10.8. The molecule has 0 spiro atoms. The number of nitrogens with zero attached hydrogens (tertiary/aromatic N) is 6. The summed E-state index contributed by atoms with van der Waals surface area (Å²) < 4.78 is 0.833. The van der Waals surface area contributed by atoms with Crippen molar-refractivity contribution in [3.05, 3.63) is 106 Å². The van der Waals surface area contributed by atoms with Gasteiger partial charge in [-0.2, -0.15) is 10.2 Å². The van der Waals surface area contributed by atoms with Gasteiger partial charge in [-0.15, -0.1) is 0 Å². The summed E-state index contributed by atoms with van der Waals surface area (Å²) in [6.45, 7) is -0.220. The number of halogens is 1. The number of rotatable bonds is 5. The predicted octanol–water partition coefficient (Wildman–Crippen LogP) is 5.57. The third-order valence-corrected chi connectivity index (χ3v) is 8.81. The van der Waals surface area contributed by atoms with Crippen molar-refractivity contribution < 1.29 is 14.4 Å². The summed E-state index contributed by atoms with van der Waals surface area (Å²) in [4.78, 5) is 41.8. The average molecular weight is 624 g/mol. The van der Waals surface area contributed by atoms with Crippen molar-refractivity contribution in [2.24, 2.45) is 21.4 Å². The average Bonchev–Trinajstić information content (AvgIpc) is 3.68. The van der Waals surface area contributed by atoms with E-state index in [0.717, 1.165) is 51.0 Å². The van der Waals surface area contributed by atoms with E-state index in [1.807, 2.05) is 48.5 Å². The fourth-order valence-corrected chi connectivity index (χ4v) is 6.61. The van der Waals surface area contributed by atoms with Crippen molar-refractivity contribution in [1.82, 2.24) is 10.0 Å². The van der Waals surface area contributed by atoms with Gasteiger partial charge >= 0.3 is 0 Å². The fourth-order valence-electron chi connectivity index (χ4n) is 6.35. The number of hydrazone groups is 1. The zero-order valence-corrected chi connectivity index (χ0v) is 24.2. The van der Waals surface area contributed by atoms with Crippen molar-refractivity contribution in [3.8, 4) is 0 Å². The number of allylic oxidation sites excluding steroid dienone is 1. The molecule has 0 unspecified atom stereocenters. The summed E-state index contributed by atoms with van der Waals surface area (Å²) in [5.74, 6) is -1.14. The Bertz CT molecular complexity index is 1640. The van der Waals surface area contributed by atoms with Crippen LogP contribution in [0.4, 0.5) is 5.69 Å². The first-order chi connectivity index (χ1) is 20.5. The maximum Gasteiger partial charge on any atom is 0.264 e. The van der Waals surface area contributed by atoms with Gasteiger partial charge < -0.3 is 0 Å². The molecule has 1 saturated heterocycles. The van der Waals surface area contributed by atoms with E-state index in [0.29, 0.717) is 5.69 Å². The Labute approximate surface area is 251 Å². The maximum atomic E-state index is 14.0. The second-order valence-corrected chi connectivity index (χ2v) is 11.8. The largest absolute Gasteiger partial charge is 0.271 e. The number of imide groups is 1. The highest BCUT2D eigenvalue weighted by atomic mass is 79.9. The topological polar surface area (TPSA) is 98.0 Å². The molecule has 7 rings (SSSR count). The van der Waals surface area contributed by atoms with Crippen LogP contribution in [0.1, 0.15) is 36.4 Å². The van der Waals surface area contributed by atoms with Crippen LogP contribution in [-0.2, 0) is 14.4 Å². The summed E-state index contributed by atoms with van der Waals surface area (Å²) >= 11 is 3.38. The van der Waals surface area contributed by atoms with Gasteiger partial charge in [-0.1, -0.05) is 81.8 Å². The summed E-state index contributed by atoms with van der Waals surface area (Å²) in [6.07, 6.45) is 4.97. The van der Waals surface area contributed by atoms with Gasteiger partial charge in [0.25, 0.3) is 17.7 Å². The molecular formula is C32H27BrN6O3. The molecule has 0 radical (unpaired) electrons. The molecule has 3 aromatic carbocycles. The highest BCUT2D eigenvalue weighted by Gasteiger charge is 2.55. The number of anilines is 1. The molecule has 9 nitrogen and oxygen atoms in total. The molecule has 10 heteroatoms. The Kier molecular flexibility index (Phi) is 6.78. The van der Waals surface area contributed by atoms with Crippen molar-refractivity contribution in [1.29, 1.82) is 0 Å². The standard InChI is InChI=1S/C32H27BrN6O3/c33-23-14-16-24(17-15-23)38-31(41)28-30(32(38)42)37(36-34-28)19-26(40)39-29(21-10-5-2-6-11-21)25-13-7-12-22(27(25)35-39)18-20-8-3-1-4-9-20/h1-6,8-11,14-18,25,28-30H,7,12-13,19H2/b22-18+/t25-,28+,29+,30-/m0/s1. The van der Waals surface area contributed by atoms with Gasteiger partial charge in [0.2, 0.25) is 0 Å². The van der Waals surface area contributed by atoms with Crippen LogP contribution in [0.3, 0.4) is 0 Å². The van der Waals surface area contributed by atoms with E-state index >= 15 is 0 Å². The van der Waals surface area contributed by atoms with E-state index < -0.39 is 23.9 Å². The van der Waals surface area contributed by atoms with Crippen LogP contribution in [0.15, 0.2) is 110 Å². The first kappa shape index (κ1) is 26.5. The quantitative estimate of drug-likeness (QED) is 0.348. The maximum absolute atomic E-state index is 14.0. The third-order valence-electron chi connectivity index (χ3n) is 8.28. The molecule has 3 amide bonds. The molecule has 3 aliphatic heterocycles. The number of carbonyl (C=O) groups is 3. The molecule has 0 N–H and O–H groups in total. The number of hydrogen-bond acceptors (Lipinski definition) is 7. The Balaban J connectivity index is 1.18. The van der Waals surface area contributed by atoms with E-state index in [4.69, 9.17) is 5.10 Å². The zero-order valence-electron chi connectivity index (χ0n) is 22.6. The Morgan fingerprint density at radius 3 is 2.36 bits per heavy atom. The first-order valence-corrected chi connectivity index (χ1v) is 14.8. The summed E-state index contributed by atoms with van der Waals surface area (Å²) in [7, 11) is 0. The van der Waals surface area contributed by atoms with E-state index in [-0.39, 0.29) is 24.4 Å². The summed E-state index contributed by atoms with van der Waals surface area (Å²) in [5, 5.41) is 16.1. The Hall–Kier alpha value is -4.44. The van der Waals surface area contributed by atoms with E-state index in [9.17, 15) is 14.4 Å². The molecule has 3 aromatic rings. The lowest BCUT2D eigenvalue weighted by Crippen LogP contribution is -2.45. The molecular weight excluding hydrogens is 596 g/mol. The van der Waals surface area contributed by atoms with Gasteiger partial charge in [-0.05, 0) is 66.3 Å². The van der Waals surface area contributed by atoms with E-state index in [1.54, 1.807) is 29.3 Å². The van der Waals surface area contributed by atoms with Gasteiger partial charge in [-0.3, -0.25) is 19.4 Å². The molecule has 1 aliphatic carbocycles. The van der Waals surface area contributed by atoms with Crippen molar-refractivity contribution in [3.63, 3.8) is 0 Å². The minimum absolute atomic E-state index is 0.0515. The fraction of sp³-hybridized carbons (Fsp3) is 0.250. The lowest BCUT2D eigenvalue weighted by molar-refractivity contribution is -0.136. The number of carbonyl (C=O) groups excluding carboxylic acids is 3. The van der Waals surface area contributed by atoms with Gasteiger partial charge in [0, 0.05) is 10.4 Å². The van der Waals surface area contributed by atoms with Gasteiger partial charge in [0.1, 0.15) is 6.54 Å². The van der Waals surface area contributed by atoms with E-state index in [2.05, 4.69) is 44.5 Å². The Morgan fingerprint density at radius 1 is 0.905 bits per heavy atom. The highest BCUT2D eigenvalue weighted by Crippen LogP contribution is 2.44. The minimum Gasteiger partial charge on any atom is -0.271 e. The van der Waals surface area contributed by atoms with Crippen LogP contribution in [0.25, 0.3) is 6.08 Å². The number of hydrogen-bond donors (Lipinski definition) is 0. The molecule has 3 heterocycles. The number of fused-ring (bicyclic) bond motifs is 2. The lowest BCUT2D eigenvalue weighted by Gasteiger charge is -2.30. The Morgan fingerprint density at radius 2 is 1.62 bits per heavy atom. The van der Waals surface area contributed by atoms with Gasteiger partial charge in [-0.25, -0.2) is 9.91 Å². The minimum atomic E-state index is -0.980. The second-order valence-electron chi connectivity index (χ2n) is 10.8. The predicted molar refractivity (Wildman–Crippen MR) is 161 cm³/mol. The van der Waals surface area contributed by atoms with Crippen molar-refractivity contribution >= 4 is 51.1 Å². The van der Waals surface area contributed by atoms with Crippen LogP contribution in [0.2, 0.25) is 0 Å². The third kappa shape index (κ3) is 4.56. The van der Waals surface area contributed by atoms with Crippen LogP contribution in [0.5, 0.6) is 0 Å². The zero-order chi connectivity index (χ0) is 28.8. The monoisotopic (exact) mass is 622 g/mol. The summed E-state index contributed by atoms with van der Waals surface area (Å²) in [5.41, 5.74) is 4.63. The molecule has 42 heavy (non-hydrogen) atoms. The van der Waals surface area contributed by atoms with Gasteiger partial charge in [0.15, 0.2) is 12.1 Å². The number of amides is 3. The lowest BCUT2D eigenvalue weighted by atomic mass is 9.77.